The first kappa shape index (κ1) is 17.1. The Morgan fingerprint density at radius 3 is 2.35 bits per heavy atom. The number of rotatable bonds is 9. The van der Waals surface area contributed by atoms with E-state index in [0.717, 1.165) is 30.6 Å². The molecule has 0 unspecified atom stereocenters. The zero-order valence-corrected chi connectivity index (χ0v) is 13.5. The van der Waals surface area contributed by atoms with Crippen molar-refractivity contribution in [1.29, 1.82) is 0 Å². The second-order valence-electron chi connectivity index (χ2n) is 4.84. The van der Waals surface area contributed by atoms with E-state index >= 15 is 0 Å². The van der Waals surface area contributed by atoms with Crippen molar-refractivity contribution in [2.75, 3.05) is 19.6 Å². The summed E-state index contributed by atoms with van der Waals surface area (Å²) in [5, 5.41) is 3.33. The molecule has 0 heterocycles. The summed E-state index contributed by atoms with van der Waals surface area (Å²) in [5.74, 6) is 0.0797. The number of benzene rings is 1. The van der Waals surface area contributed by atoms with Crippen molar-refractivity contribution in [3.63, 3.8) is 0 Å². The Morgan fingerprint density at radius 2 is 1.75 bits per heavy atom. The molecule has 0 aromatic heterocycles. The highest BCUT2D eigenvalue weighted by Gasteiger charge is 2.19. The third kappa shape index (κ3) is 5.23. The molecule has 0 amide bonds. The molecule has 5 heteroatoms. The molecule has 0 aliphatic carbocycles. The van der Waals surface area contributed by atoms with E-state index in [2.05, 4.69) is 12.2 Å². The number of nitrogens with zero attached hydrogens (tertiary/aromatic N) is 1. The summed E-state index contributed by atoms with van der Waals surface area (Å²) < 4.78 is 26.0. The Balaban J connectivity index is 2.75. The van der Waals surface area contributed by atoms with Crippen LogP contribution in [0.3, 0.4) is 0 Å². The normalized spacial score (nSPS) is 12.0. The smallest absolute Gasteiger partial charge is 0.218 e. The first-order valence-corrected chi connectivity index (χ1v) is 8.90. The molecule has 20 heavy (non-hydrogen) atoms. The van der Waals surface area contributed by atoms with Crippen LogP contribution in [0.2, 0.25) is 0 Å². The minimum Gasteiger partial charge on any atom is -0.313 e. The van der Waals surface area contributed by atoms with Gasteiger partial charge in [0.1, 0.15) is 0 Å². The Kier molecular flexibility index (Phi) is 7.19. The van der Waals surface area contributed by atoms with Crippen molar-refractivity contribution >= 4 is 10.0 Å². The molecule has 1 N–H and O–H groups in total. The SMILES string of the molecule is CCCNCc1cccc(CS(=O)(=O)N(CC)CC)c1. The van der Waals surface area contributed by atoms with E-state index in [9.17, 15) is 8.42 Å². The molecule has 1 rings (SSSR count). The van der Waals surface area contributed by atoms with Gasteiger partial charge in [-0.2, -0.15) is 0 Å². The lowest BCUT2D eigenvalue weighted by atomic mass is 10.1. The van der Waals surface area contributed by atoms with Crippen LogP contribution in [0.5, 0.6) is 0 Å². The summed E-state index contributed by atoms with van der Waals surface area (Å²) >= 11 is 0. The van der Waals surface area contributed by atoms with E-state index in [4.69, 9.17) is 0 Å². The summed E-state index contributed by atoms with van der Waals surface area (Å²) in [5.41, 5.74) is 1.98. The van der Waals surface area contributed by atoms with E-state index in [-0.39, 0.29) is 5.75 Å². The van der Waals surface area contributed by atoms with Gasteiger partial charge in [0, 0.05) is 19.6 Å². The molecule has 0 spiro atoms. The number of hydrogen-bond acceptors (Lipinski definition) is 3. The Morgan fingerprint density at radius 1 is 1.10 bits per heavy atom. The maximum atomic E-state index is 12.2. The zero-order valence-electron chi connectivity index (χ0n) is 12.7. The molecule has 0 saturated carbocycles. The minimum absolute atomic E-state index is 0.0797. The second kappa shape index (κ2) is 8.39. The van der Waals surface area contributed by atoms with Gasteiger partial charge in [-0.1, -0.05) is 45.0 Å². The molecule has 0 saturated heterocycles. The monoisotopic (exact) mass is 298 g/mol. The van der Waals surface area contributed by atoms with Crippen LogP contribution in [0.4, 0.5) is 0 Å². The quantitative estimate of drug-likeness (QED) is 0.712. The second-order valence-corrected chi connectivity index (χ2v) is 6.81. The van der Waals surface area contributed by atoms with Crippen LogP contribution >= 0.6 is 0 Å². The molecule has 0 aliphatic rings. The van der Waals surface area contributed by atoms with Crippen molar-refractivity contribution in [3.05, 3.63) is 35.4 Å². The maximum absolute atomic E-state index is 12.2. The molecule has 1 aromatic rings. The minimum atomic E-state index is -3.20. The molecular weight excluding hydrogens is 272 g/mol. The van der Waals surface area contributed by atoms with Gasteiger partial charge in [-0.25, -0.2) is 12.7 Å². The topological polar surface area (TPSA) is 49.4 Å². The van der Waals surface area contributed by atoms with E-state index in [1.165, 1.54) is 4.31 Å². The molecule has 114 valence electrons. The third-order valence-electron chi connectivity index (χ3n) is 3.20. The Hall–Kier alpha value is -0.910. The van der Waals surface area contributed by atoms with Gasteiger partial charge < -0.3 is 5.32 Å². The summed E-state index contributed by atoms with van der Waals surface area (Å²) in [6.45, 7) is 8.67. The standard InChI is InChI=1S/C15H26N2O2S/c1-4-10-16-12-14-8-7-9-15(11-14)13-20(18,19)17(5-2)6-3/h7-9,11,16H,4-6,10,12-13H2,1-3H3. The van der Waals surface area contributed by atoms with Crippen molar-refractivity contribution in [2.45, 2.75) is 39.5 Å². The molecule has 0 aliphatic heterocycles. The van der Waals surface area contributed by atoms with Gasteiger partial charge in [-0.05, 0) is 24.1 Å². The van der Waals surface area contributed by atoms with E-state index in [1.54, 1.807) is 0 Å². The highest BCUT2D eigenvalue weighted by molar-refractivity contribution is 7.88. The molecule has 0 fully saturated rings. The van der Waals surface area contributed by atoms with Gasteiger partial charge in [0.2, 0.25) is 10.0 Å². The first-order chi connectivity index (χ1) is 9.53. The lowest BCUT2D eigenvalue weighted by Crippen LogP contribution is -2.31. The van der Waals surface area contributed by atoms with E-state index in [0.29, 0.717) is 13.1 Å². The van der Waals surface area contributed by atoms with Crippen LogP contribution in [0.1, 0.15) is 38.3 Å². The van der Waals surface area contributed by atoms with E-state index < -0.39 is 10.0 Å². The van der Waals surface area contributed by atoms with Crippen molar-refractivity contribution in [1.82, 2.24) is 9.62 Å². The fourth-order valence-electron chi connectivity index (χ4n) is 2.16. The molecular formula is C15H26N2O2S. The fourth-order valence-corrected chi connectivity index (χ4v) is 3.73. The largest absolute Gasteiger partial charge is 0.313 e. The fraction of sp³-hybridized carbons (Fsp3) is 0.600. The average Bonchev–Trinajstić information content (AvgIpc) is 2.40. The van der Waals surface area contributed by atoms with Crippen LogP contribution in [-0.4, -0.2) is 32.4 Å². The van der Waals surface area contributed by atoms with Gasteiger partial charge in [0.15, 0.2) is 0 Å². The first-order valence-electron chi connectivity index (χ1n) is 7.29. The highest BCUT2D eigenvalue weighted by atomic mass is 32.2. The average molecular weight is 298 g/mol. The van der Waals surface area contributed by atoms with Crippen molar-refractivity contribution < 1.29 is 8.42 Å². The van der Waals surface area contributed by atoms with Gasteiger partial charge in [-0.15, -0.1) is 0 Å². The van der Waals surface area contributed by atoms with Crippen LogP contribution in [0.25, 0.3) is 0 Å². The summed E-state index contributed by atoms with van der Waals surface area (Å²) in [4.78, 5) is 0. The lowest BCUT2D eigenvalue weighted by Gasteiger charge is -2.18. The van der Waals surface area contributed by atoms with Gasteiger partial charge in [0.25, 0.3) is 0 Å². The maximum Gasteiger partial charge on any atom is 0.218 e. The van der Waals surface area contributed by atoms with Crippen LogP contribution in [0, 0.1) is 0 Å². The molecule has 0 radical (unpaired) electrons. The zero-order chi connectivity index (χ0) is 15.0. The summed E-state index contributed by atoms with van der Waals surface area (Å²) in [7, 11) is -3.20. The number of nitrogens with one attached hydrogen (secondary N) is 1. The number of hydrogen-bond donors (Lipinski definition) is 1. The predicted molar refractivity (Wildman–Crippen MR) is 84.0 cm³/mol. The van der Waals surface area contributed by atoms with Crippen LogP contribution in [-0.2, 0) is 22.3 Å². The predicted octanol–water partition coefficient (Wildman–Crippen LogP) is 2.36. The molecule has 4 nitrogen and oxygen atoms in total. The summed E-state index contributed by atoms with van der Waals surface area (Å²) in [6, 6.07) is 7.81. The molecule has 0 bridgehead atoms. The van der Waals surface area contributed by atoms with Gasteiger partial charge in [0.05, 0.1) is 5.75 Å². The number of sulfonamides is 1. The van der Waals surface area contributed by atoms with Gasteiger partial charge in [-0.3, -0.25) is 0 Å². The van der Waals surface area contributed by atoms with Crippen LogP contribution in [0.15, 0.2) is 24.3 Å². The Bertz CT molecular complexity index is 496. The molecule has 1 aromatic carbocycles. The van der Waals surface area contributed by atoms with Gasteiger partial charge >= 0.3 is 0 Å². The van der Waals surface area contributed by atoms with Crippen LogP contribution < -0.4 is 5.32 Å². The summed E-state index contributed by atoms with van der Waals surface area (Å²) in [6.07, 6.45) is 1.09. The highest BCUT2D eigenvalue weighted by Crippen LogP contribution is 2.12. The Labute approximate surface area is 123 Å². The molecule has 0 atom stereocenters. The van der Waals surface area contributed by atoms with E-state index in [1.807, 2.05) is 38.1 Å². The van der Waals surface area contributed by atoms with Crippen molar-refractivity contribution in [3.8, 4) is 0 Å². The third-order valence-corrected chi connectivity index (χ3v) is 5.20. The van der Waals surface area contributed by atoms with Crippen molar-refractivity contribution in [2.24, 2.45) is 0 Å². The lowest BCUT2D eigenvalue weighted by molar-refractivity contribution is 0.444.